The van der Waals surface area contributed by atoms with Crippen LogP contribution in [0.5, 0.6) is 0 Å². The molecular weight excluding hydrogens is 182 g/mol. The quantitative estimate of drug-likeness (QED) is 0.422. The molecule has 70 valence electrons. The van der Waals surface area contributed by atoms with Crippen molar-refractivity contribution >= 4 is 12.1 Å². The van der Waals surface area contributed by atoms with Crippen LogP contribution in [0.2, 0.25) is 0 Å². The first-order valence-electron chi connectivity index (χ1n) is 3.38. The average molecular weight is 194 g/mol. The molecule has 12 heavy (non-hydrogen) atoms. The number of carbonyl (C=O) groups excluding carboxylic acids is 2. The molecule has 0 bridgehead atoms. The largest absolute Gasteiger partial charge is 1.00 e. The second kappa shape index (κ2) is 3.73. The number of hydrogen-bond acceptors (Lipinski definition) is 2. The first-order valence-corrected chi connectivity index (χ1v) is 3.38. The van der Waals surface area contributed by atoms with E-state index in [1.807, 2.05) is 0 Å². The molecule has 1 aliphatic heterocycles. The summed E-state index contributed by atoms with van der Waals surface area (Å²) in [5.74, 6) is 0. The molecule has 0 radical (unpaired) electrons. The highest BCUT2D eigenvalue weighted by atomic mass is 35.5. The van der Waals surface area contributed by atoms with Crippen LogP contribution in [-0.2, 0) is 0 Å². The molecule has 1 rings (SSSR count). The summed E-state index contributed by atoms with van der Waals surface area (Å²) in [6, 6.07) is -0.346. The third-order valence-corrected chi connectivity index (χ3v) is 1.76. The van der Waals surface area contributed by atoms with Crippen molar-refractivity contribution < 1.29 is 26.9 Å². The Balaban J connectivity index is 0.00000121. The fraction of sp³-hybridized carbons (Fsp3) is 0.667. The normalized spacial score (nSPS) is 19.6. The van der Waals surface area contributed by atoms with Gasteiger partial charge in [0.25, 0.3) is 0 Å². The maximum absolute atomic E-state index is 11.1. The van der Waals surface area contributed by atoms with E-state index in [2.05, 4.69) is 0 Å². The van der Waals surface area contributed by atoms with Crippen molar-refractivity contribution in [2.24, 2.45) is 0 Å². The molecule has 1 fully saturated rings. The van der Waals surface area contributed by atoms with Crippen molar-refractivity contribution in [2.75, 3.05) is 27.8 Å². The number of quaternary nitrogens is 1. The van der Waals surface area contributed by atoms with Crippen molar-refractivity contribution in [3.63, 3.8) is 0 Å². The molecule has 0 aromatic carbocycles. The summed E-state index contributed by atoms with van der Waals surface area (Å²) in [5, 5.41) is 0. The minimum atomic E-state index is -0.173. The Labute approximate surface area is 77.3 Å². The predicted octanol–water partition coefficient (Wildman–Crippen LogP) is -4.42. The molecule has 0 unspecified atom stereocenters. The molecule has 0 aliphatic carbocycles. The molecule has 0 saturated carbocycles. The van der Waals surface area contributed by atoms with E-state index in [1.165, 1.54) is 9.80 Å². The molecule has 0 spiro atoms. The van der Waals surface area contributed by atoms with Gasteiger partial charge in [0.2, 0.25) is 0 Å². The zero-order chi connectivity index (χ0) is 8.59. The van der Waals surface area contributed by atoms with Crippen molar-refractivity contribution in [2.45, 2.75) is 0 Å². The highest BCUT2D eigenvalue weighted by Crippen LogP contribution is 1.91. The summed E-state index contributed by atoms with van der Waals surface area (Å²) in [7, 11) is 4.90. The third-order valence-electron chi connectivity index (χ3n) is 1.76. The Morgan fingerprint density at radius 3 is 1.83 bits per heavy atom. The minimum absolute atomic E-state index is 0. The zero-order valence-corrected chi connectivity index (χ0v) is 8.05. The van der Waals surface area contributed by atoms with Gasteiger partial charge in [-0.05, 0) is 0 Å². The number of halogens is 1. The Hall–Kier alpha value is -0.810. The van der Waals surface area contributed by atoms with Crippen LogP contribution in [-0.4, -0.2) is 49.7 Å². The number of nitrogens with zero attached hydrogens (tertiary/aromatic N) is 2. The summed E-state index contributed by atoms with van der Waals surface area (Å²) >= 11 is 0. The fourth-order valence-corrected chi connectivity index (χ4v) is 1.11. The maximum atomic E-state index is 11.1. The number of rotatable bonds is 0. The molecule has 1 aliphatic rings. The summed E-state index contributed by atoms with van der Waals surface area (Å²) in [6.07, 6.45) is 0. The number of urea groups is 2. The van der Waals surface area contributed by atoms with E-state index < -0.39 is 0 Å². The lowest BCUT2D eigenvalue weighted by atomic mass is 10.5. The molecule has 5 nitrogen and oxygen atoms in total. The van der Waals surface area contributed by atoms with Gasteiger partial charge in [-0.1, -0.05) is 0 Å². The monoisotopic (exact) mass is 193 g/mol. The van der Waals surface area contributed by atoms with Crippen LogP contribution in [0, 0.1) is 0 Å². The second-order valence-corrected chi connectivity index (χ2v) is 2.77. The van der Waals surface area contributed by atoms with Gasteiger partial charge in [0.15, 0.2) is 0 Å². The Kier molecular flexibility index (Phi) is 3.48. The maximum Gasteiger partial charge on any atom is 0.427 e. The predicted molar refractivity (Wildman–Crippen MR) is 38.1 cm³/mol. The van der Waals surface area contributed by atoms with Gasteiger partial charge < -0.3 is 12.4 Å². The number of imide groups is 1. The van der Waals surface area contributed by atoms with E-state index in [-0.39, 0.29) is 24.5 Å². The van der Waals surface area contributed by atoms with Crippen LogP contribution >= 0.6 is 0 Å². The van der Waals surface area contributed by atoms with E-state index in [4.69, 9.17) is 0 Å². The van der Waals surface area contributed by atoms with E-state index in [0.29, 0.717) is 11.6 Å². The highest BCUT2D eigenvalue weighted by Gasteiger charge is 2.36. The summed E-state index contributed by atoms with van der Waals surface area (Å²) < 4.78 is 0. The first-order chi connectivity index (χ1) is 5.04. The molecule has 0 aromatic rings. The van der Waals surface area contributed by atoms with Crippen LogP contribution < -0.4 is 17.3 Å². The number of nitrogens with one attached hydrogen (secondary N) is 1. The minimum Gasteiger partial charge on any atom is -1.00 e. The van der Waals surface area contributed by atoms with Crippen LogP contribution in [0.3, 0.4) is 0 Å². The molecular formula is C6H12ClN3O2. The molecule has 0 aromatic heterocycles. The van der Waals surface area contributed by atoms with Gasteiger partial charge in [0, 0.05) is 14.1 Å². The van der Waals surface area contributed by atoms with Crippen molar-refractivity contribution in [1.29, 1.82) is 0 Å². The summed E-state index contributed by atoms with van der Waals surface area (Å²) in [6.45, 7) is 0.384. The Bertz CT molecular complexity index is 189. The lowest BCUT2D eigenvalue weighted by Gasteiger charge is -2.30. The van der Waals surface area contributed by atoms with Gasteiger partial charge in [-0.3, -0.25) is 9.80 Å². The third kappa shape index (κ3) is 1.67. The van der Waals surface area contributed by atoms with Crippen LogP contribution in [0.15, 0.2) is 0 Å². The van der Waals surface area contributed by atoms with Gasteiger partial charge in [-0.2, -0.15) is 4.90 Å². The molecule has 6 heteroatoms. The van der Waals surface area contributed by atoms with Crippen LogP contribution in [0.25, 0.3) is 0 Å². The van der Waals surface area contributed by atoms with E-state index in [0.717, 1.165) is 0 Å². The number of hydrogen-bond donors (Lipinski definition) is 1. The lowest BCUT2D eigenvalue weighted by molar-refractivity contribution is -0.715. The molecule has 1 heterocycles. The standard InChI is InChI=1S/C6H11N3O2.ClH/c1-7-4-8(2)6(11)9(3)5(7)10;/h4H2,1-3H3;1H. The molecule has 1 saturated heterocycles. The van der Waals surface area contributed by atoms with Gasteiger partial charge in [-0.25, -0.2) is 9.59 Å². The summed E-state index contributed by atoms with van der Waals surface area (Å²) in [5.41, 5.74) is 0. The average Bonchev–Trinajstić information content (AvgIpc) is 1.97. The SMILES string of the molecule is CN1CN(C)C(=O)[NH+](C)C1=O.[Cl-]. The van der Waals surface area contributed by atoms with E-state index in [1.54, 1.807) is 21.1 Å². The highest BCUT2D eigenvalue weighted by molar-refractivity contribution is 5.80. The summed E-state index contributed by atoms with van der Waals surface area (Å²) in [4.78, 5) is 25.6. The van der Waals surface area contributed by atoms with E-state index >= 15 is 0 Å². The van der Waals surface area contributed by atoms with Crippen molar-refractivity contribution in [3.8, 4) is 0 Å². The van der Waals surface area contributed by atoms with Gasteiger partial charge in [0.05, 0.1) is 7.05 Å². The van der Waals surface area contributed by atoms with Crippen LogP contribution in [0.4, 0.5) is 9.59 Å². The fourth-order valence-electron chi connectivity index (χ4n) is 1.11. The first kappa shape index (κ1) is 11.2. The van der Waals surface area contributed by atoms with Gasteiger partial charge in [-0.15, -0.1) is 0 Å². The van der Waals surface area contributed by atoms with Crippen molar-refractivity contribution in [3.05, 3.63) is 0 Å². The van der Waals surface area contributed by atoms with E-state index in [9.17, 15) is 9.59 Å². The van der Waals surface area contributed by atoms with Gasteiger partial charge in [0.1, 0.15) is 6.67 Å². The lowest BCUT2D eigenvalue weighted by Crippen LogP contribution is -3.18. The zero-order valence-electron chi connectivity index (χ0n) is 7.30. The molecule has 4 amide bonds. The number of carbonyl (C=O) groups is 2. The number of amides is 4. The van der Waals surface area contributed by atoms with Crippen LogP contribution in [0.1, 0.15) is 0 Å². The molecule has 0 atom stereocenters. The van der Waals surface area contributed by atoms with Crippen molar-refractivity contribution in [1.82, 2.24) is 9.80 Å². The smallest absolute Gasteiger partial charge is 0.427 e. The molecule has 1 N–H and O–H groups in total. The Morgan fingerprint density at radius 2 is 1.50 bits per heavy atom. The van der Waals surface area contributed by atoms with Gasteiger partial charge >= 0.3 is 12.1 Å². The second-order valence-electron chi connectivity index (χ2n) is 2.77. The Morgan fingerprint density at radius 1 is 1.17 bits per heavy atom. The topological polar surface area (TPSA) is 45.1 Å².